The van der Waals surface area contributed by atoms with E-state index in [0.717, 1.165) is 13.1 Å². The van der Waals surface area contributed by atoms with Gasteiger partial charge in [0.15, 0.2) is 6.61 Å². The van der Waals surface area contributed by atoms with Crippen molar-refractivity contribution in [1.29, 1.82) is 0 Å². The first-order valence-corrected chi connectivity index (χ1v) is 6.59. The Morgan fingerprint density at radius 2 is 2.05 bits per heavy atom. The predicted molar refractivity (Wildman–Crippen MR) is 75.3 cm³/mol. The highest BCUT2D eigenvalue weighted by molar-refractivity contribution is 5.92. The summed E-state index contributed by atoms with van der Waals surface area (Å²) in [6.07, 6.45) is 0. The van der Waals surface area contributed by atoms with E-state index in [-0.39, 0.29) is 18.4 Å². The molecule has 0 bridgehead atoms. The Bertz CT molecular complexity index is 483. The van der Waals surface area contributed by atoms with E-state index >= 15 is 0 Å². The van der Waals surface area contributed by atoms with Crippen LogP contribution >= 0.6 is 0 Å². The summed E-state index contributed by atoms with van der Waals surface area (Å²) in [7, 11) is 0. The summed E-state index contributed by atoms with van der Waals surface area (Å²) in [6, 6.07) is 6.85. The lowest BCUT2D eigenvalue weighted by molar-refractivity contribution is -0.121. The molecule has 0 saturated carbocycles. The van der Waals surface area contributed by atoms with Gasteiger partial charge in [0, 0.05) is 11.6 Å². The lowest BCUT2D eigenvalue weighted by Gasteiger charge is -2.31. The van der Waals surface area contributed by atoms with E-state index in [1.54, 1.807) is 24.3 Å². The van der Waals surface area contributed by atoms with Crippen LogP contribution in [-0.2, 0) is 9.59 Å². The maximum atomic E-state index is 12.0. The largest absolute Gasteiger partial charge is 0.484 e. The Morgan fingerprint density at radius 3 is 2.55 bits per heavy atom. The molecule has 108 valence electrons. The molecule has 0 spiro atoms. The second kappa shape index (κ2) is 6.38. The lowest BCUT2D eigenvalue weighted by atomic mass is 9.88. The predicted octanol–water partition coefficient (Wildman–Crippen LogP) is 0.345. The van der Waals surface area contributed by atoms with Gasteiger partial charge in [0.05, 0.1) is 0 Å². The van der Waals surface area contributed by atoms with Gasteiger partial charge in [-0.15, -0.1) is 0 Å². The van der Waals surface area contributed by atoms with Crippen LogP contribution in [0.25, 0.3) is 0 Å². The average molecular weight is 277 g/mol. The van der Waals surface area contributed by atoms with Gasteiger partial charge in [0.1, 0.15) is 5.75 Å². The van der Waals surface area contributed by atoms with Gasteiger partial charge in [-0.3, -0.25) is 9.59 Å². The van der Waals surface area contributed by atoms with Crippen LogP contribution in [0.3, 0.4) is 0 Å². The van der Waals surface area contributed by atoms with Crippen molar-refractivity contribution in [3.05, 3.63) is 24.3 Å². The van der Waals surface area contributed by atoms with Crippen molar-refractivity contribution in [3.8, 4) is 5.75 Å². The fraction of sp³-hybridized carbons (Fsp3) is 0.429. The van der Waals surface area contributed by atoms with Gasteiger partial charge < -0.3 is 21.1 Å². The molecule has 2 rings (SSSR count). The molecule has 2 amide bonds. The number of carbonyl (C=O) groups excluding carboxylic acids is 2. The minimum atomic E-state index is -0.523. The molecule has 1 aromatic carbocycles. The molecule has 1 unspecified atom stereocenters. The van der Waals surface area contributed by atoms with Gasteiger partial charge >= 0.3 is 0 Å². The first-order valence-electron chi connectivity index (χ1n) is 6.59. The normalized spacial score (nSPS) is 16.1. The molecule has 1 atom stereocenters. The van der Waals surface area contributed by atoms with Crippen LogP contribution in [0.2, 0.25) is 0 Å². The average Bonchev–Trinajstić information content (AvgIpc) is 2.35. The van der Waals surface area contributed by atoms with Gasteiger partial charge in [-0.25, -0.2) is 0 Å². The van der Waals surface area contributed by atoms with Gasteiger partial charge in [-0.05, 0) is 43.3 Å². The molecule has 4 N–H and O–H groups in total. The van der Waals surface area contributed by atoms with Crippen molar-refractivity contribution in [1.82, 2.24) is 5.32 Å². The summed E-state index contributed by atoms with van der Waals surface area (Å²) < 4.78 is 5.14. The Kier molecular flexibility index (Phi) is 4.57. The minimum Gasteiger partial charge on any atom is -0.484 e. The van der Waals surface area contributed by atoms with Crippen LogP contribution < -0.4 is 21.1 Å². The van der Waals surface area contributed by atoms with Crippen molar-refractivity contribution in [3.63, 3.8) is 0 Å². The molecular weight excluding hydrogens is 258 g/mol. The van der Waals surface area contributed by atoms with Crippen LogP contribution in [-0.4, -0.2) is 31.5 Å². The van der Waals surface area contributed by atoms with Crippen molar-refractivity contribution >= 4 is 17.5 Å². The standard InChI is InChI=1S/C14H19N3O3/c1-9(10-6-16-7-10)14(19)17-11-2-4-12(5-3-11)20-8-13(15)18/h2-5,9-10,16H,6-8H2,1H3,(H2,15,18)(H,17,19). The number of anilines is 1. The van der Waals surface area contributed by atoms with Crippen LogP contribution in [0, 0.1) is 11.8 Å². The molecule has 6 nitrogen and oxygen atoms in total. The number of rotatable bonds is 6. The van der Waals surface area contributed by atoms with Crippen LogP contribution in [0.15, 0.2) is 24.3 Å². The molecule has 0 aliphatic carbocycles. The Balaban J connectivity index is 1.86. The third kappa shape index (κ3) is 3.71. The van der Waals surface area contributed by atoms with E-state index in [1.807, 2.05) is 6.92 Å². The van der Waals surface area contributed by atoms with Gasteiger partial charge in [-0.2, -0.15) is 0 Å². The van der Waals surface area contributed by atoms with E-state index < -0.39 is 5.91 Å². The van der Waals surface area contributed by atoms with Crippen LogP contribution in [0.1, 0.15) is 6.92 Å². The van der Waals surface area contributed by atoms with Gasteiger partial charge in [0.2, 0.25) is 5.91 Å². The van der Waals surface area contributed by atoms with E-state index in [0.29, 0.717) is 17.4 Å². The van der Waals surface area contributed by atoms with E-state index in [1.165, 1.54) is 0 Å². The highest BCUT2D eigenvalue weighted by Crippen LogP contribution is 2.20. The first-order chi connectivity index (χ1) is 9.56. The number of primary amides is 1. The second-order valence-electron chi connectivity index (χ2n) is 4.98. The summed E-state index contributed by atoms with van der Waals surface area (Å²) in [6.45, 7) is 3.57. The third-order valence-electron chi connectivity index (χ3n) is 3.44. The fourth-order valence-electron chi connectivity index (χ4n) is 1.92. The maximum Gasteiger partial charge on any atom is 0.255 e. The molecule has 1 saturated heterocycles. The Hall–Kier alpha value is -2.08. The monoisotopic (exact) mass is 277 g/mol. The zero-order chi connectivity index (χ0) is 14.5. The molecule has 1 heterocycles. The molecular formula is C14H19N3O3. The number of hydrogen-bond acceptors (Lipinski definition) is 4. The minimum absolute atomic E-state index is 0.0120. The molecule has 6 heteroatoms. The topological polar surface area (TPSA) is 93.4 Å². The molecule has 0 radical (unpaired) electrons. The summed E-state index contributed by atoms with van der Waals surface area (Å²) in [4.78, 5) is 22.6. The van der Waals surface area contributed by atoms with Crippen molar-refractivity contribution in [2.24, 2.45) is 17.6 Å². The van der Waals surface area contributed by atoms with E-state index in [4.69, 9.17) is 10.5 Å². The number of benzene rings is 1. The number of amides is 2. The van der Waals surface area contributed by atoms with E-state index in [9.17, 15) is 9.59 Å². The molecule has 20 heavy (non-hydrogen) atoms. The number of nitrogens with one attached hydrogen (secondary N) is 2. The maximum absolute atomic E-state index is 12.0. The number of nitrogens with two attached hydrogens (primary N) is 1. The van der Waals surface area contributed by atoms with E-state index in [2.05, 4.69) is 10.6 Å². The summed E-state index contributed by atoms with van der Waals surface area (Å²) in [5.41, 5.74) is 5.70. The molecule has 1 aliphatic rings. The van der Waals surface area contributed by atoms with Crippen molar-refractivity contribution in [2.75, 3.05) is 25.0 Å². The van der Waals surface area contributed by atoms with Crippen molar-refractivity contribution in [2.45, 2.75) is 6.92 Å². The number of ether oxygens (including phenoxy) is 1. The second-order valence-corrected chi connectivity index (χ2v) is 4.98. The lowest BCUT2D eigenvalue weighted by Crippen LogP contribution is -2.48. The van der Waals surface area contributed by atoms with Gasteiger partial charge in [-0.1, -0.05) is 6.92 Å². The summed E-state index contributed by atoms with van der Waals surface area (Å²) in [5, 5.41) is 6.03. The molecule has 0 aromatic heterocycles. The summed E-state index contributed by atoms with van der Waals surface area (Å²) >= 11 is 0. The molecule has 1 aromatic rings. The quantitative estimate of drug-likeness (QED) is 0.699. The van der Waals surface area contributed by atoms with Gasteiger partial charge in [0.25, 0.3) is 5.91 Å². The Labute approximate surface area is 117 Å². The zero-order valence-corrected chi connectivity index (χ0v) is 11.4. The SMILES string of the molecule is CC(C(=O)Nc1ccc(OCC(N)=O)cc1)C1CNC1. The highest BCUT2D eigenvalue weighted by atomic mass is 16.5. The number of carbonyl (C=O) groups is 2. The number of hydrogen-bond donors (Lipinski definition) is 3. The summed E-state index contributed by atoms with van der Waals surface area (Å²) in [5.74, 6) is 0.431. The first kappa shape index (κ1) is 14.3. The highest BCUT2D eigenvalue weighted by Gasteiger charge is 2.28. The third-order valence-corrected chi connectivity index (χ3v) is 3.44. The smallest absolute Gasteiger partial charge is 0.255 e. The zero-order valence-electron chi connectivity index (χ0n) is 11.4. The molecule has 1 fully saturated rings. The molecule has 1 aliphatic heterocycles. The van der Waals surface area contributed by atoms with Crippen LogP contribution in [0.4, 0.5) is 5.69 Å². The van der Waals surface area contributed by atoms with Crippen LogP contribution in [0.5, 0.6) is 5.75 Å². The fourth-order valence-corrected chi connectivity index (χ4v) is 1.92. The Morgan fingerprint density at radius 1 is 1.40 bits per heavy atom. The van der Waals surface area contributed by atoms with Crippen molar-refractivity contribution < 1.29 is 14.3 Å².